The largest absolute Gasteiger partial charge is 0.353 e. The molecule has 5 heteroatoms. The summed E-state index contributed by atoms with van der Waals surface area (Å²) in [7, 11) is 0. The van der Waals surface area contributed by atoms with Crippen molar-refractivity contribution >= 4 is 33.8 Å². The molecule has 2 bridgehead atoms. The number of nitrogens with one attached hydrogen (secondary N) is 1. The lowest BCUT2D eigenvalue weighted by Gasteiger charge is -2.28. The van der Waals surface area contributed by atoms with Crippen LogP contribution in [0.25, 0.3) is 0 Å². The van der Waals surface area contributed by atoms with E-state index < -0.39 is 0 Å². The van der Waals surface area contributed by atoms with E-state index in [1.165, 1.54) is 25.7 Å². The Morgan fingerprint density at radius 2 is 2.42 bits per heavy atom. The zero-order chi connectivity index (χ0) is 13.2. The molecular weight excluding hydrogens is 276 g/mol. The molecule has 0 spiro atoms. The number of amides is 1. The molecule has 1 amide bonds. The van der Waals surface area contributed by atoms with Crippen LogP contribution in [0, 0.1) is 17.8 Å². The second-order valence-corrected chi connectivity index (χ2v) is 8.29. The monoisotopic (exact) mass is 298 g/mol. The second kappa shape index (κ2) is 6.08. The molecule has 0 aromatic heterocycles. The first-order chi connectivity index (χ1) is 9.22. The van der Waals surface area contributed by atoms with Gasteiger partial charge in [-0.3, -0.25) is 9.79 Å². The number of hydrogen-bond acceptors (Lipinski definition) is 4. The zero-order valence-corrected chi connectivity index (χ0v) is 13.1. The van der Waals surface area contributed by atoms with Crippen molar-refractivity contribution in [1.29, 1.82) is 0 Å². The maximum absolute atomic E-state index is 12.0. The number of carbonyl (C=O) groups is 1. The zero-order valence-electron chi connectivity index (χ0n) is 11.4. The van der Waals surface area contributed by atoms with Crippen molar-refractivity contribution in [2.24, 2.45) is 22.7 Å². The Labute approximate surface area is 123 Å². The smallest absolute Gasteiger partial charge is 0.230 e. The Hall–Kier alpha value is -0.160. The molecule has 106 valence electrons. The molecule has 1 aliphatic heterocycles. The number of fused-ring (bicyclic) bond motifs is 2. The fourth-order valence-corrected chi connectivity index (χ4v) is 5.66. The Balaban J connectivity index is 1.41. The third-order valence-corrected chi connectivity index (χ3v) is 6.96. The summed E-state index contributed by atoms with van der Waals surface area (Å²) < 4.78 is 1.09. The molecule has 19 heavy (non-hydrogen) atoms. The van der Waals surface area contributed by atoms with Gasteiger partial charge in [0, 0.05) is 11.8 Å². The van der Waals surface area contributed by atoms with Crippen LogP contribution in [0.3, 0.4) is 0 Å². The lowest BCUT2D eigenvalue weighted by molar-refractivity contribution is -0.119. The normalized spacial score (nSPS) is 34.4. The van der Waals surface area contributed by atoms with Gasteiger partial charge in [0.15, 0.2) is 0 Å². The van der Waals surface area contributed by atoms with Crippen molar-refractivity contribution in [1.82, 2.24) is 5.32 Å². The highest BCUT2D eigenvalue weighted by atomic mass is 32.2. The SMILES string of the molecule is C[C@@H](NC(=O)CSC1=NCCS1)[C@H]1C[C@H]2CC[C@H]1C2. The van der Waals surface area contributed by atoms with Crippen molar-refractivity contribution in [2.75, 3.05) is 18.1 Å². The highest BCUT2D eigenvalue weighted by Gasteiger charge is 2.42. The minimum Gasteiger partial charge on any atom is -0.353 e. The fraction of sp³-hybridized carbons (Fsp3) is 0.857. The summed E-state index contributed by atoms with van der Waals surface area (Å²) in [6, 6.07) is 0.349. The van der Waals surface area contributed by atoms with Gasteiger partial charge in [-0.2, -0.15) is 0 Å². The third kappa shape index (κ3) is 3.30. The standard InChI is InChI=1S/C14H22N2OS2/c1-9(12-7-10-2-3-11(12)6-10)16-13(17)8-19-14-15-4-5-18-14/h9-12H,2-8H2,1H3,(H,16,17)/t9-,10+,11+,12-/m1/s1. The van der Waals surface area contributed by atoms with E-state index in [2.05, 4.69) is 17.2 Å². The molecular formula is C14H22N2OS2. The van der Waals surface area contributed by atoms with E-state index >= 15 is 0 Å². The van der Waals surface area contributed by atoms with Gasteiger partial charge >= 0.3 is 0 Å². The summed E-state index contributed by atoms with van der Waals surface area (Å²) in [5.74, 6) is 4.33. The van der Waals surface area contributed by atoms with Crippen LogP contribution in [-0.2, 0) is 4.79 Å². The molecule has 2 saturated carbocycles. The van der Waals surface area contributed by atoms with Crippen LogP contribution in [0.5, 0.6) is 0 Å². The Morgan fingerprint density at radius 1 is 1.53 bits per heavy atom. The van der Waals surface area contributed by atoms with Crippen LogP contribution >= 0.6 is 23.5 Å². The first-order valence-corrected chi connectivity index (χ1v) is 9.29. The molecule has 0 radical (unpaired) electrons. The van der Waals surface area contributed by atoms with Gasteiger partial charge in [-0.25, -0.2) is 0 Å². The van der Waals surface area contributed by atoms with E-state index in [0.29, 0.717) is 11.8 Å². The molecule has 1 N–H and O–H groups in total. The molecule has 0 unspecified atom stereocenters. The van der Waals surface area contributed by atoms with Crippen molar-refractivity contribution in [3.8, 4) is 0 Å². The molecule has 0 saturated heterocycles. The third-order valence-electron chi connectivity index (χ3n) is 4.71. The predicted octanol–water partition coefficient (Wildman–Crippen LogP) is 2.76. The van der Waals surface area contributed by atoms with Gasteiger partial charge < -0.3 is 5.32 Å². The van der Waals surface area contributed by atoms with Gasteiger partial charge in [0.25, 0.3) is 0 Å². The number of thioether (sulfide) groups is 2. The maximum atomic E-state index is 12.0. The highest BCUT2D eigenvalue weighted by molar-refractivity contribution is 8.39. The van der Waals surface area contributed by atoms with Crippen LogP contribution in [0.2, 0.25) is 0 Å². The van der Waals surface area contributed by atoms with Gasteiger partial charge in [-0.05, 0) is 43.9 Å². The summed E-state index contributed by atoms with van der Waals surface area (Å²) >= 11 is 3.36. The summed E-state index contributed by atoms with van der Waals surface area (Å²) in [6.45, 7) is 3.10. The van der Waals surface area contributed by atoms with Crippen LogP contribution < -0.4 is 5.32 Å². The molecule has 1 heterocycles. The number of nitrogens with zero attached hydrogens (tertiary/aromatic N) is 1. The van der Waals surface area contributed by atoms with Gasteiger partial charge in [-0.15, -0.1) is 0 Å². The lowest BCUT2D eigenvalue weighted by Crippen LogP contribution is -2.41. The van der Waals surface area contributed by atoms with Gasteiger partial charge in [0.2, 0.25) is 5.91 Å². The first-order valence-electron chi connectivity index (χ1n) is 7.32. The van der Waals surface area contributed by atoms with Crippen LogP contribution in [0.15, 0.2) is 4.99 Å². The van der Waals surface area contributed by atoms with Crippen LogP contribution in [0.4, 0.5) is 0 Å². The Morgan fingerprint density at radius 3 is 3.05 bits per heavy atom. The lowest BCUT2D eigenvalue weighted by atomic mass is 9.84. The molecule has 3 nitrogen and oxygen atoms in total. The predicted molar refractivity (Wildman–Crippen MR) is 83.8 cm³/mol. The minimum absolute atomic E-state index is 0.176. The molecule has 4 atom stereocenters. The summed E-state index contributed by atoms with van der Waals surface area (Å²) in [6.07, 6.45) is 5.56. The molecule has 3 rings (SSSR count). The number of carbonyl (C=O) groups excluding carboxylic acids is 1. The molecule has 2 fully saturated rings. The van der Waals surface area contributed by atoms with E-state index in [0.717, 1.165) is 34.4 Å². The molecule has 0 aromatic rings. The highest BCUT2D eigenvalue weighted by Crippen LogP contribution is 2.49. The van der Waals surface area contributed by atoms with Gasteiger partial charge in [0.1, 0.15) is 4.38 Å². The summed E-state index contributed by atoms with van der Waals surface area (Å²) in [5.41, 5.74) is 0. The quantitative estimate of drug-likeness (QED) is 0.867. The topological polar surface area (TPSA) is 41.5 Å². The van der Waals surface area contributed by atoms with E-state index in [1.54, 1.807) is 23.5 Å². The molecule has 3 aliphatic rings. The summed E-state index contributed by atoms with van der Waals surface area (Å²) in [4.78, 5) is 16.3. The average molecular weight is 298 g/mol. The molecule has 0 aromatic carbocycles. The van der Waals surface area contributed by atoms with Gasteiger partial charge in [-0.1, -0.05) is 29.9 Å². The first kappa shape index (κ1) is 13.8. The number of aliphatic imine (C=N–C) groups is 1. The van der Waals surface area contributed by atoms with E-state index in [-0.39, 0.29) is 5.91 Å². The number of rotatable bonds is 4. The van der Waals surface area contributed by atoms with Crippen molar-refractivity contribution < 1.29 is 4.79 Å². The fourth-order valence-electron chi connectivity index (χ4n) is 3.84. The van der Waals surface area contributed by atoms with Crippen LogP contribution in [-0.4, -0.2) is 34.4 Å². The molecule has 2 aliphatic carbocycles. The summed E-state index contributed by atoms with van der Waals surface area (Å²) in [5, 5.41) is 3.21. The average Bonchev–Trinajstić information content (AvgIpc) is 3.13. The minimum atomic E-state index is 0.176. The second-order valence-electron chi connectivity index (χ2n) is 5.98. The van der Waals surface area contributed by atoms with Crippen molar-refractivity contribution in [2.45, 2.75) is 38.6 Å². The van der Waals surface area contributed by atoms with E-state index in [1.807, 2.05) is 0 Å². The van der Waals surface area contributed by atoms with E-state index in [4.69, 9.17) is 0 Å². The van der Waals surface area contributed by atoms with E-state index in [9.17, 15) is 4.79 Å². The van der Waals surface area contributed by atoms with Crippen LogP contribution in [0.1, 0.15) is 32.6 Å². The Bertz CT molecular complexity index is 386. The van der Waals surface area contributed by atoms with Gasteiger partial charge in [0.05, 0.1) is 12.3 Å². The van der Waals surface area contributed by atoms with Crippen molar-refractivity contribution in [3.05, 3.63) is 0 Å². The Kier molecular flexibility index (Phi) is 4.42. The maximum Gasteiger partial charge on any atom is 0.230 e. The number of hydrogen-bond donors (Lipinski definition) is 1. The van der Waals surface area contributed by atoms with Crippen molar-refractivity contribution in [3.63, 3.8) is 0 Å².